The third-order valence-corrected chi connectivity index (χ3v) is 4.44. The first kappa shape index (κ1) is 13.1. The van der Waals surface area contributed by atoms with Gasteiger partial charge in [-0.05, 0) is 46.1 Å². The lowest BCUT2D eigenvalue weighted by atomic mass is 10.00. The number of piperidine rings is 1. The van der Waals surface area contributed by atoms with E-state index in [0.717, 1.165) is 37.5 Å². The molecule has 19 heavy (non-hydrogen) atoms. The molecule has 2 atom stereocenters. The second-order valence-electron chi connectivity index (χ2n) is 6.13. The summed E-state index contributed by atoms with van der Waals surface area (Å²) in [6, 6.07) is 0.943. The molecule has 0 aliphatic carbocycles. The number of fused-ring (bicyclic) bond motifs is 1. The van der Waals surface area contributed by atoms with Crippen LogP contribution in [0.5, 0.6) is 0 Å². The molecule has 2 unspecified atom stereocenters. The van der Waals surface area contributed by atoms with Crippen molar-refractivity contribution < 1.29 is 0 Å². The first-order valence-electron chi connectivity index (χ1n) is 7.63. The Morgan fingerprint density at radius 1 is 1.21 bits per heavy atom. The van der Waals surface area contributed by atoms with Crippen molar-refractivity contribution in [2.75, 3.05) is 6.54 Å². The highest BCUT2D eigenvalue weighted by Gasteiger charge is 2.31. The molecule has 0 saturated carbocycles. The molecule has 1 saturated heterocycles. The fourth-order valence-electron chi connectivity index (χ4n) is 3.39. The van der Waals surface area contributed by atoms with E-state index in [2.05, 4.69) is 18.7 Å². The van der Waals surface area contributed by atoms with Crippen LogP contribution < -0.4 is 5.73 Å². The molecule has 0 spiro atoms. The summed E-state index contributed by atoms with van der Waals surface area (Å²) in [5.41, 5.74) is 6.13. The summed E-state index contributed by atoms with van der Waals surface area (Å²) < 4.78 is 1.96. The predicted octanol–water partition coefficient (Wildman–Crippen LogP) is 2.01. The van der Waals surface area contributed by atoms with Gasteiger partial charge in [-0.15, -0.1) is 0 Å². The maximum atomic E-state index is 6.13. The predicted molar refractivity (Wildman–Crippen MR) is 74.6 cm³/mol. The molecule has 0 bridgehead atoms. The van der Waals surface area contributed by atoms with Gasteiger partial charge in [-0.3, -0.25) is 4.90 Å². The molecule has 106 valence electrons. The standard InChI is InChI=1S/C14H25N5/c1-10(2)18-9-4-3-6-11(18)14-16-13-8-5-7-12(15)19(13)17-14/h10-12H,3-9,15H2,1-2H3. The summed E-state index contributed by atoms with van der Waals surface area (Å²) in [4.78, 5) is 7.33. The summed E-state index contributed by atoms with van der Waals surface area (Å²) in [6.07, 6.45) is 6.96. The van der Waals surface area contributed by atoms with Crippen LogP contribution in [0.25, 0.3) is 0 Å². The fourth-order valence-corrected chi connectivity index (χ4v) is 3.39. The minimum Gasteiger partial charge on any atom is -0.310 e. The number of likely N-dealkylation sites (tertiary alicyclic amines) is 1. The van der Waals surface area contributed by atoms with E-state index in [9.17, 15) is 0 Å². The van der Waals surface area contributed by atoms with Crippen LogP contribution in [0.3, 0.4) is 0 Å². The molecule has 5 heteroatoms. The largest absolute Gasteiger partial charge is 0.310 e. The van der Waals surface area contributed by atoms with E-state index in [0.29, 0.717) is 12.1 Å². The van der Waals surface area contributed by atoms with E-state index in [1.807, 2.05) is 4.68 Å². The van der Waals surface area contributed by atoms with Gasteiger partial charge >= 0.3 is 0 Å². The highest BCUT2D eigenvalue weighted by Crippen LogP contribution is 2.32. The molecule has 3 heterocycles. The van der Waals surface area contributed by atoms with Crippen LogP contribution in [0.2, 0.25) is 0 Å². The molecule has 2 aliphatic heterocycles. The van der Waals surface area contributed by atoms with E-state index in [1.165, 1.54) is 19.3 Å². The van der Waals surface area contributed by atoms with E-state index >= 15 is 0 Å². The fraction of sp³-hybridized carbons (Fsp3) is 0.857. The summed E-state index contributed by atoms with van der Waals surface area (Å²) in [5, 5.41) is 4.73. The first-order valence-corrected chi connectivity index (χ1v) is 7.63. The molecule has 2 N–H and O–H groups in total. The molecule has 1 aromatic rings. The van der Waals surface area contributed by atoms with Gasteiger partial charge in [0.15, 0.2) is 5.82 Å². The number of hydrogen-bond donors (Lipinski definition) is 1. The minimum atomic E-state index is 0.0288. The van der Waals surface area contributed by atoms with Gasteiger partial charge in [-0.1, -0.05) is 6.42 Å². The number of aryl methyl sites for hydroxylation is 1. The summed E-state index contributed by atoms with van der Waals surface area (Å²) in [7, 11) is 0. The highest BCUT2D eigenvalue weighted by atomic mass is 15.4. The zero-order valence-electron chi connectivity index (χ0n) is 12.0. The van der Waals surface area contributed by atoms with Gasteiger partial charge in [0, 0.05) is 12.5 Å². The number of rotatable bonds is 2. The minimum absolute atomic E-state index is 0.0288. The van der Waals surface area contributed by atoms with Crippen LogP contribution in [0.4, 0.5) is 0 Å². The van der Waals surface area contributed by atoms with Gasteiger partial charge in [-0.2, -0.15) is 5.10 Å². The smallest absolute Gasteiger partial charge is 0.168 e. The molecule has 3 rings (SSSR count). The van der Waals surface area contributed by atoms with Crippen molar-refractivity contribution >= 4 is 0 Å². The summed E-state index contributed by atoms with van der Waals surface area (Å²) in [6.45, 7) is 5.69. The van der Waals surface area contributed by atoms with Gasteiger partial charge in [-0.25, -0.2) is 9.67 Å². The Balaban J connectivity index is 1.88. The molecular weight excluding hydrogens is 238 g/mol. The third-order valence-electron chi connectivity index (χ3n) is 4.44. The average molecular weight is 263 g/mol. The van der Waals surface area contributed by atoms with Crippen LogP contribution in [0, 0.1) is 0 Å². The molecule has 0 aromatic carbocycles. The van der Waals surface area contributed by atoms with Crippen LogP contribution in [-0.2, 0) is 6.42 Å². The molecule has 0 radical (unpaired) electrons. The maximum Gasteiger partial charge on any atom is 0.168 e. The number of nitrogens with two attached hydrogens (primary N) is 1. The lowest BCUT2D eigenvalue weighted by Gasteiger charge is -2.37. The number of hydrogen-bond acceptors (Lipinski definition) is 4. The first-order chi connectivity index (χ1) is 9.16. The molecule has 2 aliphatic rings. The van der Waals surface area contributed by atoms with Gasteiger partial charge in [0.05, 0.1) is 6.04 Å². The van der Waals surface area contributed by atoms with Crippen LogP contribution >= 0.6 is 0 Å². The van der Waals surface area contributed by atoms with Gasteiger partial charge < -0.3 is 5.73 Å². The van der Waals surface area contributed by atoms with Crippen molar-refractivity contribution in [2.45, 2.75) is 70.6 Å². The Bertz CT molecular complexity index is 439. The van der Waals surface area contributed by atoms with Crippen molar-refractivity contribution in [3.63, 3.8) is 0 Å². The van der Waals surface area contributed by atoms with Gasteiger partial charge in [0.1, 0.15) is 12.0 Å². The summed E-state index contributed by atoms with van der Waals surface area (Å²) in [5.74, 6) is 2.09. The van der Waals surface area contributed by atoms with Crippen molar-refractivity contribution in [3.8, 4) is 0 Å². The van der Waals surface area contributed by atoms with Crippen LogP contribution in [0.1, 0.15) is 69.8 Å². The van der Waals surface area contributed by atoms with E-state index in [4.69, 9.17) is 15.8 Å². The van der Waals surface area contributed by atoms with Crippen LogP contribution in [0.15, 0.2) is 0 Å². The molecule has 0 amide bonds. The van der Waals surface area contributed by atoms with E-state index in [1.54, 1.807) is 0 Å². The molecular formula is C14H25N5. The Morgan fingerprint density at radius 3 is 2.79 bits per heavy atom. The lowest BCUT2D eigenvalue weighted by Crippen LogP contribution is -2.39. The Kier molecular flexibility index (Phi) is 3.58. The Labute approximate surface area is 115 Å². The topological polar surface area (TPSA) is 60.0 Å². The second kappa shape index (κ2) is 5.21. The molecule has 1 aromatic heterocycles. The van der Waals surface area contributed by atoms with Crippen molar-refractivity contribution in [2.24, 2.45) is 5.73 Å². The SMILES string of the molecule is CC(C)N1CCCCC1c1nc2n(n1)C(N)CCC2. The maximum absolute atomic E-state index is 6.13. The third kappa shape index (κ3) is 2.41. The van der Waals surface area contributed by atoms with Gasteiger partial charge in [0.25, 0.3) is 0 Å². The number of aromatic nitrogens is 3. The Morgan fingerprint density at radius 2 is 2.05 bits per heavy atom. The second-order valence-corrected chi connectivity index (χ2v) is 6.13. The zero-order valence-corrected chi connectivity index (χ0v) is 12.0. The molecule has 1 fully saturated rings. The Hall–Kier alpha value is -0.940. The average Bonchev–Trinajstić information content (AvgIpc) is 2.84. The quantitative estimate of drug-likeness (QED) is 0.886. The highest BCUT2D eigenvalue weighted by molar-refractivity contribution is 5.03. The monoisotopic (exact) mass is 263 g/mol. The van der Waals surface area contributed by atoms with Crippen molar-refractivity contribution in [1.82, 2.24) is 19.7 Å². The lowest BCUT2D eigenvalue weighted by molar-refractivity contribution is 0.106. The van der Waals surface area contributed by atoms with Crippen LogP contribution in [-0.4, -0.2) is 32.3 Å². The normalized spacial score (nSPS) is 28.6. The van der Waals surface area contributed by atoms with E-state index in [-0.39, 0.29) is 6.17 Å². The van der Waals surface area contributed by atoms with Gasteiger partial charge in [0.2, 0.25) is 0 Å². The van der Waals surface area contributed by atoms with E-state index < -0.39 is 0 Å². The van der Waals surface area contributed by atoms with Crippen molar-refractivity contribution in [3.05, 3.63) is 11.6 Å². The zero-order chi connectivity index (χ0) is 13.4. The molecule has 5 nitrogen and oxygen atoms in total. The summed E-state index contributed by atoms with van der Waals surface area (Å²) >= 11 is 0. The van der Waals surface area contributed by atoms with Crippen molar-refractivity contribution in [1.29, 1.82) is 0 Å². The number of nitrogens with zero attached hydrogens (tertiary/aromatic N) is 4.